The highest BCUT2D eigenvalue weighted by Crippen LogP contribution is 2.30. The summed E-state index contributed by atoms with van der Waals surface area (Å²) in [4.78, 5) is 41.8. The monoisotopic (exact) mass is 536 g/mol. The highest BCUT2D eigenvalue weighted by Gasteiger charge is 2.27. The quantitative estimate of drug-likeness (QED) is 0.213. The molecule has 9 nitrogen and oxygen atoms in total. The van der Waals surface area contributed by atoms with Gasteiger partial charge in [0, 0.05) is 23.9 Å². The standard InChI is InChI=1S/C26H24N4O5S2/c1-35-26(32)29-20(14-17-6-3-2-4-7-17)24(31)27-21(15-18-9-11-19(12-10-18)30(33)34)25-28-22(16-37-25)23-8-5-13-36-23/h2-13,16,20-21H,14-15H2,1H3,(H,27,31)(H,29,32)/t20-,21?/m0/s1. The number of carbonyl (C=O) groups is 2. The van der Waals surface area contributed by atoms with Crippen LogP contribution in [0.4, 0.5) is 10.5 Å². The van der Waals surface area contributed by atoms with Crippen molar-refractivity contribution in [3.05, 3.63) is 104 Å². The van der Waals surface area contributed by atoms with Gasteiger partial charge in [-0.15, -0.1) is 22.7 Å². The number of hydrogen-bond acceptors (Lipinski definition) is 8. The van der Waals surface area contributed by atoms with Gasteiger partial charge in [0.05, 0.1) is 28.6 Å². The van der Waals surface area contributed by atoms with E-state index in [1.807, 2.05) is 53.2 Å². The van der Waals surface area contributed by atoms with Crippen LogP contribution >= 0.6 is 22.7 Å². The van der Waals surface area contributed by atoms with Crippen LogP contribution in [0.15, 0.2) is 77.5 Å². The SMILES string of the molecule is COC(=O)N[C@@H](Cc1ccccc1)C(=O)NC(Cc1ccc([N+](=O)[O-])cc1)c1nc(-c2cccs2)cs1. The highest BCUT2D eigenvalue weighted by atomic mass is 32.1. The van der Waals surface area contributed by atoms with Crippen molar-refractivity contribution in [2.45, 2.75) is 24.9 Å². The largest absolute Gasteiger partial charge is 0.453 e. The number of non-ortho nitro benzene ring substituents is 1. The van der Waals surface area contributed by atoms with E-state index in [0.717, 1.165) is 21.7 Å². The Morgan fingerprint density at radius 1 is 0.973 bits per heavy atom. The van der Waals surface area contributed by atoms with Gasteiger partial charge in [0.25, 0.3) is 5.69 Å². The highest BCUT2D eigenvalue weighted by molar-refractivity contribution is 7.14. The molecule has 0 saturated carbocycles. The Morgan fingerprint density at radius 2 is 1.70 bits per heavy atom. The molecule has 0 saturated heterocycles. The zero-order valence-corrected chi connectivity index (χ0v) is 21.5. The van der Waals surface area contributed by atoms with Crippen LogP contribution in [0.25, 0.3) is 10.6 Å². The number of carbonyl (C=O) groups excluding carboxylic acids is 2. The van der Waals surface area contributed by atoms with Gasteiger partial charge in [-0.3, -0.25) is 14.9 Å². The van der Waals surface area contributed by atoms with Crippen molar-refractivity contribution in [1.29, 1.82) is 0 Å². The molecule has 2 aromatic heterocycles. The first-order valence-electron chi connectivity index (χ1n) is 11.3. The average Bonchev–Trinajstić information content (AvgIpc) is 3.61. The van der Waals surface area contributed by atoms with Crippen molar-refractivity contribution in [3.63, 3.8) is 0 Å². The Kier molecular flexibility index (Phi) is 8.60. The minimum atomic E-state index is -0.883. The second kappa shape index (κ2) is 12.2. The summed E-state index contributed by atoms with van der Waals surface area (Å²) in [5, 5.41) is 21.3. The van der Waals surface area contributed by atoms with Gasteiger partial charge in [-0.05, 0) is 29.0 Å². The molecule has 37 heavy (non-hydrogen) atoms. The van der Waals surface area contributed by atoms with Crippen LogP contribution in [0.3, 0.4) is 0 Å². The number of nitrogens with one attached hydrogen (secondary N) is 2. The number of nitro groups is 1. The third kappa shape index (κ3) is 6.99. The lowest BCUT2D eigenvalue weighted by Gasteiger charge is -2.22. The summed E-state index contributed by atoms with van der Waals surface area (Å²) in [5.74, 6) is -0.394. The van der Waals surface area contributed by atoms with E-state index in [1.54, 1.807) is 23.5 Å². The summed E-state index contributed by atoms with van der Waals surface area (Å²) in [6.07, 6.45) is -0.0842. The Morgan fingerprint density at radius 3 is 2.35 bits per heavy atom. The lowest BCUT2D eigenvalue weighted by molar-refractivity contribution is -0.384. The van der Waals surface area contributed by atoms with Crippen LogP contribution in [0.1, 0.15) is 22.2 Å². The number of thiophene rings is 1. The predicted octanol–water partition coefficient (Wildman–Crippen LogP) is 5.15. The molecule has 0 spiro atoms. The van der Waals surface area contributed by atoms with E-state index < -0.39 is 29.0 Å². The molecule has 2 aromatic carbocycles. The van der Waals surface area contributed by atoms with E-state index in [1.165, 1.54) is 30.6 Å². The molecule has 2 N–H and O–H groups in total. The fourth-order valence-electron chi connectivity index (χ4n) is 3.71. The number of ether oxygens (including phenoxy) is 1. The molecule has 4 rings (SSSR count). The van der Waals surface area contributed by atoms with Gasteiger partial charge in [-0.25, -0.2) is 9.78 Å². The van der Waals surface area contributed by atoms with Crippen LogP contribution < -0.4 is 10.6 Å². The fraction of sp³-hybridized carbons (Fsp3) is 0.192. The Bertz CT molecular complexity index is 1340. The number of aromatic nitrogens is 1. The fourth-order valence-corrected chi connectivity index (χ4v) is 5.34. The molecule has 0 fully saturated rings. The molecule has 0 aliphatic heterocycles. The minimum absolute atomic E-state index is 0.0104. The Hall–Kier alpha value is -4.09. The number of thiazole rings is 1. The molecule has 0 radical (unpaired) electrons. The maximum absolute atomic E-state index is 13.5. The number of amides is 2. The van der Waals surface area contributed by atoms with Gasteiger partial charge in [0.2, 0.25) is 5.91 Å². The molecular weight excluding hydrogens is 512 g/mol. The summed E-state index contributed by atoms with van der Waals surface area (Å²) in [7, 11) is 1.24. The molecule has 1 unspecified atom stereocenters. The number of benzene rings is 2. The van der Waals surface area contributed by atoms with Crippen molar-refractivity contribution in [2.75, 3.05) is 7.11 Å². The number of rotatable bonds is 10. The minimum Gasteiger partial charge on any atom is -0.453 e. The smallest absolute Gasteiger partial charge is 0.407 e. The molecule has 2 atom stereocenters. The normalized spacial score (nSPS) is 12.4. The number of nitrogens with zero attached hydrogens (tertiary/aromatic N) is 2. The number of alkyl carbamates (subject to hydrolysis) is 1. The van der Waals surface area contributed by atoms with Crippen molar-refractivity contribution >= 4 is 40.4 Å². The Labute approximate surface area is 221 Å². The third-order valence-electron chi connectivity index (χ3n) is 5.57. The van der Waals surface area contributed by atoms with Gasteiger partial charge in [-0.1, -0.05) is 48.5 Å². The van der Waals surface area contributed by atoms with Gasteiger partial charge >= 0.3 is 6.09 Å². The molecule has 0 bridgehead atoms. The zero-order chi connectivity index (χ0) is 26.2. The van der Waals surface area contributed by atoms with Gasteiger partial charge in [-0.2, -0.15) is 0 Å². The van der Waals surface area contributed by atoms with Crippen LogP contribution in [0, 0.1) is 10.1 Å². The molecule has 2 amide bonds. The van der Waals surface area contributed by atoms with Gasteiger partial charge in [0.15, 0.2) is 0 Å². The average molecular weight is 537 g/mol. The lowest BCUT2D eigenvalue weighted by Crippen LogP contribution is -2.49. The van der Waals surface area contributed by atoms with Crippen LogP contribution in [0.5, 0.6) is 0 Å². The summed E-state index contributed by atoms with van der Waals surface area (Å²) in [6.45, 7) is 0. The molecular formula is C26H24N4O5S2. The van der Waals surface area contributed by atoms with E-state index in [2.05, 4.69) is 10.6 Å². The van der Waals surface area contributed by atoms with Crippen LogP contribution in [0.2, 0.25) is 0 Å². The molecule has 190 valence electrons. The molecule has 4 aromatic rings. The van der Waals surface area contributed by atoms with Gasteiger partial charge in [0.1, 0.15) is 11.0 Å². The number of hydrogen-bond donors (Lipinski definition) is 2. The zero-order valence-electron chi connectivity index (χ0n) is 19.8. The van der Waals surface area contributed by atoms with E-state index in [0.29, 0.717) is 11.4 Å². The molecule has 11 heteroatoms. The second-order valence-corrected chi connectivity index (χ2v) is 9.95. The van der Waals surface area contributed by atoms with Crippen LogP contribution in [-0.4, -0.2) is 35.1 Å². The second-order valence-electron chi connectivity index (χ2n) is 8.12. The number of nitro benzene ring substituents is 1. The summed E-state index contributed by atoms with van der Waals surface area (Å²) in [6, 6.07) is 18.1. The maximum atomic E-state index is 13.5. The summed E-state index contributed by atoms with van der Waals surface area (Å²) in [5.41, 5.74) is 2.47. The van der Waals surface area contributed by atoms with Gasteiger partial charge < -0.3 is 15.4 Å². The summed E-state index contributed by atoms with van der Waals surface area (Å²) >= 11 is 2.99. The van der Waals surface area contributed by atoms with E-state index in [4.69, 9.17) is 9.72 Å². The molecule has 0 aliphatic rings. The first-order chi connectivity index (χ1) is 17.9. The topological polar surface area (TPSA) is 123 Å². The van der Waals surface area contributed by atoms with Crippen molar-refractivity contribution in [2.24, 2.45) is 0 Å². The molecule has 2 heterocycles. The first-order valence-corrected chi connectivity index (χ1v) is 13.1. The van der Waals surface area contributed by atoms with E-state index in [-0.39, 0.29) is 12.1 Å². The van der Waals surface area contributed by atoms with Crippen molar-refractivity contribution in [1.82, 2.24) is 15.6 Å². The molecule has 0 aliphatic carbocycles. The van der Waals surface area contributed by atoms with E-state index in [9.17, 15) is 19.7 Å². The van der Waals surface area contributed by atoms with Crippen LogP contribution in [-0.2, 0) is 22.4 Å². The Balaban J connectivity index is 1.60. The lowest BCUT2D eigenvalue weighted by atomic mass is 10.0. The predicted molar refractivity (Wildman–Crippen MR) is 143 cm³/mol. The maximum Gasteiger partial charge on any atom is 0.407 e. The summed E-state index contributed by atoms with van der Waals surface area (Å²) < 4.78 is 4.73. The third-order valence-corrected chi connectivity index (χ3v) is 7.42. The number of methoxy groups -OCH3 is 1. The van der Waals surface area contributed by atoms with E-state index >= 15 is 0 Å². The van der Waals surface area contributed by atoms with Crippen molar-refractivity contribution in [3.8, 4) is 10.6 Å². The first kappa shape index (κ1) is 26.0. The van der Waals surface area contributed by atoms with Crippen molar-refractivity contribution < 1.29 is 19.2 Å².